The average molecular weight is 306 g/mol. The summed E-state index contributed by atoms with van der Waals surface area (Å²) in [5.41, 5.74) is 0.115. The van der Waals surface area contributed by atoms with Crippen LogP contribution < -0.4 is 15.4 Å². The quantitative estimate of drug-likeness (QED) is 0.890. The number of amides is 2. The molecule has 2 rings (SSSR count). The van der Waals surface area contributed by atoms with E-state index in [-0.39, 0.29) is 6.03 Å². The zero-order valence-electron chi connectivity index (χ0n) is 12.2. The van der Waals surface area contributed by atoms with E-state index >= 15 is 0 Å². The summed E-state index contributed by atoms with van der Waals surface area (Å²) in [4.78, 5) is 20.5. The second-order valence-corrected chi connectivity index (χ2v) is 5.59. The molecule has 2 aromatic heterocycles. The smallest absolute Gasteiger partial charge is 0.320 e. The van der Waals surface area contributed by atoms with Crippen molar-refractivity contribution >= 4 is 23.1 Å². The fourth-order valence-electron chi connectivity index (χ4n) is 1.78. The van der Waals surface area contributed by atoms with E-state index in [1.807, 2.05) is 19.2 Å². The molecule has 0 bridgehead atoms. The van der Waals surface area contributed by atoms with Crippen LogP contribution in [0.1, 0.15) is 25.3 Å². The van der Waals surface area contributed by atoms with Crippen molar-refractivity contribution in [3.8, 4) is 5.88 Å². The van der Waals surface area contributed by atoms with Crippen LogP contribution >= 0.6 is 11.3 Å². The molecule has 112 valence electrons. The van der Waals surface area contributed by atoms with Crippen LogP contribution in [0.3, 0.4) is 0 Å². The highest BCUT2D eigenvalue weighted by atomic mass is 32.1. The highest BCUT2D eigenvalue weighted by Crippen LogP contribution is 2.26. The summed E-state index contributed by atoms with van der Waals surface area (Å²) in [7, 11) is 1.54. The number of carbonyl (C=O) groups is 1. The van der Waals surface area contributed by atoms with Gasteiger partial charge in [0.1, 0.15) is 5.01 Å². The maximum Gasteiger partial charge on any atom is 0.320 e. The third-order valence-electron chi connectivity index (χ3n) is 3.20. The first-order valence-corrected chi connectivity index (χ1v) is 7.44. The van der Waals surface area contributed by atoms with Gasteiger partial charge >= 0.3 is 6.03 Å². The first-order chi connectivity index (χ1) is 10.1. The monoisotopic (exact) mass is 306 g/mol. The van der Waals surface area contributed by atoms with E-state index in [9.17, 15) is 4.79 Å². The third kappa shape index (κ3) is 3.69. The van der Waals surface area contributed by atoms with Gasteiger partial charge in [-0.25, -0.2) is 14.8 Å². The predicted octanol–water partition coefficient (Wildman–Crippen LogP) is 2.99. The topological polar surface area (TPSA) is 76.1 Å². The largest absolute Gasteiger partial charge is 0.481 e. The lowest BCUT2D eigenvalue weighted by molar-refractivity contribution is 0.237. The Hall–Kier alpha value is -2.15. The molecule has 0 fully saturated rings. The number of hydrogen-bond acceptors (Lipinski definition) is 5. The fourth-order valence-corrected chi connectivity index (χ4v) is 2.60. The van der Waals surface area contributed by atoms with E-state index in [1.165, 1.54) is 11.3 Å². The summed E-state index contributed by atoms with van der Waals surface area (Å²) in [6.45, 7) is 3.97. The second kappa shape index (κ2) is 6.53. The van der Waals surface area contributed by atoms with E-state index in [4.69, 9.17) is 4.74 Å². The zero-order valence-corrected chi connectivity index (χ0v) is 13.0. The maximum absolute atomic E-state index is 12.1. The minimum Gasteiger partial charge on any atom is -0.481 e. The Labute approximate surface area is 127 Å². The number of ether oxygens (including phenoxy) is 1. The lowest BCUT2D eigenvalue weighted by Crippen LogP contribution is -2.45. The van der Waals surface area contributed by atoms with E-state index in [0.717, 1.165) is 11.4 Å². The molecule has 2 aromatic rings. The second-order valence-electron chi connectivity index (χ2n) is 4.69. The number of hydrogen-bond donors (Lipinski definition) is 2. The van der Waals surface area contributed by atoms with Gasteiger partial charge in [0, 0.05) is 17.6 Å². The number of urea groups is 1. The highest BCUT2D eigenvalue weighted by molar-refractivity contribution is 7.09. The van der Waals surface area contributed by atoms with Gasteiger partial charge in [0.05, 0.1) is 24.5 Å². The number of thiazole rings is 1. The molecular formula is C14H18N4O2S. The molecule has 0 aliphatic carbocycles. The molecule has 21 heavy (non-hydrogen) atoms. The van der Waals surface area contributed by atoms with Gasteiger partial charge in [-0.15, -0.1) is 11.3 Å². The average Bonchev–Trinajstić information content (AvgIpc) is 3.02. The Morgan fingerprint density at radius 1 is 1.43 bits per heavy atom. The minimum atomic E-state index is -0.488. The van der Waals surface area contributed by atoms with Crippen LogP contribution in [0.15, 0.2) is 29.9 Å². The van der Waals surface area contributed by atoms with Crippen LogP contribution in [0.25, 0.3) is 0 Å². The summed E-state index contributed by atoms with van der Waals surface area (Å²) in [5, 5.41) is 8.50. The SMILES string of the molecule is CC[C@@](C)(NC(=O)Nc1ccc(OC)nc1)c1nccs1. The van der Waals surface area contributed by atoms with Crippen molar-refractivity contribution in [2.75, 3.05) is 12.4 Å². The van der Waals surface area contributed by atoms with Gasteiger partial charge in [-0.05, 0) is 19.4 Å². The van der Waals surface area contributed by atoms with Gasteiger partial charge in [-0.3, -0.25) is 0 Å². The molecule has 2 N–H and O–H groups in total. The van der Waals surface area contributed by atoms with Crippen molar-refractivity contribution in [1.29, 1.82) is 0 Å². The maximum atomic E-state index is 12.1. The minimum absolute atomic E-state index is 0.290. The number of nitrogens with zero attached hydrogens (tertiary/aromatic N) is 2. The first kappa shape index (κ1) is 15.2. The lowest BCUT2D eigenvalue weighted by Gasteiger charge is -2.27. The van der Waals surface area contributed by atoms with Gasteiger partial charge < -0.3 is 15.4 Å². The van der Waals surface area contributed by atoms with Crippen molar-refractivity contribution in [2.24, 2.45) is 0 Å². The molecule has 0 saturated heterocycles. The third-order valence-corrected chi connectivity index (χ3v) is 4.24. The van der Waals surface area contributed by atoms with Crippen molar-refractivity contribution in [3.05, 3.63) is 34.9 Å². The number of carbonyl (C=O) groups excluding carboxylic acids is 1. The van der Waals surface area contributed by atoms with Crippen molar-refractivity contribution in [3.63, 3.8) is 0 Å². The Morgan fingerprint density at radius 2 is 2.24 bits per heavy atom. The van der Waals surface area contributed by atoms with Crippen LogP contribution in [0.2, 0.25) is 0 Å². The summed E-state index contributed by atoms with van der Waals surface area (Å²) in [6.07, 6.45) is 4.03. The van der Waals surface area contributed by atoms with Crippen molar-refractivity contribution in [1.82, 2.24) is 15.3 Å². The Balaban J connectivity index is 2.03. The molecule has 0 aliphatic rings. The van der Waals surface area contributed by atoms with Crippen LogP contribution in [0.5, 0.6) is 5.88 Å². The number of nitrogens with one attached hydrogen (secondary N) is 2. The van der Waals surface area contributed by atoms with Crippen molar-refractivity contribution < 1.29 is 9.53 Å². The normalized spacial score (nSPS) is 13.3. The summed E-state index contributed by atoms with van der Waals surface area (Å²) >= 11 is 1.53. The van der Waals surface area contributed by atoms with Crippen LogP contribution in [-0.2, 0) is 5.54 Å². The molecule has 2 heterocycles. The fraction of sp³-hybridized carbons (Fsp3) is 0.357. The standard InChI is InChI=1S/C14H18N4O2S/c1-4-14(2,12-15-7-8-21-12)18-13(19)17-10-5-6-11(20-3)16-9-10/h5-9H,4H2,1-3H3,(H2,17,18,19)/t14-/m1/s1. The highest BCUT2D eigenvalue weighted by Gasteiger charge is 2.29. The van der Waals surface area contributed by atoms with Crippen molar-refractivity contribution in [2.45, 2.75) is 25.8 Å². The van der Waals surface area contributed by atoms with E-state index in [2.05, 4.69) is 20.6 Å². The van der Waals surface area contributed by atoms with E-state index < -0.39 is 5.54 Å². The summed E-state index contributed by atoms with van der Waals surface area (Å²) < 4.78 is 4.97. The van der Waals surface area contributed by atoms with Gasteiger partial charge in [-0.2, -0.15) is 0 Å². The number of methoxy groups -OCH3 is 1. The lowest BCUT2D eigenvalue weighted by atomic mass is 10.0. The van der Waals surface area contributed by atoms with Crippen LogP contribution in [-0.4, -0.2) is 23.1 Å². The van der Waals surface area contributed by atoms with Gasteiger partial charge in [0.15, 0.2) is 0 Å². The molecule has 1 atom stereocenters. The Morgan fingerprint density at radius 3 is 2.76 bits per heavy atom. The number of anilines is 1. The molecule has 2 amide bonds. The molecule has 6 nitrogen and oxygen atoms in total. The number of rotatable bonds is 5. The Kier molecular flexibility index (Phi) is 4.74. The molecule has 0 unspecified atom stereocenters. The summed E-state index contributed by atoms with van der Waals surface area (Å²) in [5.74, 6) is 0.502. The van der Waals surface area contributed by atoms with Gasteiger partial charge in [0.2, 0.25) is 5.88 Å². The molecule has 0 spiro atoms. The summed E-state index contributed by atoms with van der Waals surface area (Å²) in [6, 6.07) is 3.13. The molecular weight excluding hydrogens is 288 g/mol. The molecule has 0 saturated carbocycles. The van der Waals surface area contributed by atoms with E-state index in [0.29, 0.717) is 11.6 Å². The predicted molar refractivity (Wildman–Crippen MR) is 82.7 cm³/mol. The van der Waals surface area contributed by atoms with E-state index in [1.54, 1.807) is 31.6 Å². The molecule has 0 aromatic carbocycles. The van der Waals surface area contributed by atoms with Gasteiger partial charge in [-0.1, -0.05) is 6.92 Å². The van der Waals surface area contributed by atoms with Crippen LogP contribution in [0.4, 0.5) is 10.5 Å². The molecule has 0 aliphatic heterocycles. The molecule has 7 heteroatoms. The number of aromatic nitrogens is 2. The van der Waals surface area contributed by atoms with Gasteiger partial charge in [0.25, 0.3) is 0 Å². The zero-order chi connectivity index (χ0) is 15.3. The number of pyridine rings is 1. The Bertz CT molecular complexity index is 586. The van der Waals surface area contributed by atoms with Crippen LogP contribution in [0, 0.1) is 0 Å². The molecule has 0 radical (unpaired) electrons. The first-order valence-electron chi connectivity index (χ1n) is 6.56.